The van der Waals surface area contributed by atoms with Gasteiger partial charge in [-0.25, -0.2) is 13.0 Å². The maximum atomic E-state index is 13.1. The predicted octanol–water partition coefficient (Wildman–Crippen LogP) is 4.67. The number of hydrogen-bond donors (Lipinski definition) is 0. The predicted molar refractivity (Wildman–Crippen MR) is 79.2 cm³/mol. The van der Waals surface area contributed by atoms with E-state index in [0.29, 0.717) is 11.1 Å². The van der Waals surface area contributed by atoms with Gasteiger partial charge in [0, 0.05) is 0 Å². The van der Waals surface area contributed by atoms with Crippen LogP contribution >= 0.6 is 0 Å². The van der Waals surface area contributed by atoms with E-state index in [4.69, 9.17) is 0 Å². The molecule has 102 valence electrons. The van der Waals surface area contributed by atoms with E-state index in [9.17, 15) is 13.0 Å². The first-order valence-electron chi connectivity index (χ1n) is 5.91. The number of benzene rings is 2. The van der Waals surface area contributed by atoms with E-state index in [2.05, 4.69) is 0 Å². The van der Waals surface area contributed by atoms with Crippen molar-refractivity contribution in [3.05, 3.63) is 84.5 Å². The van der Waals surface area contributed by atoms with Gasteiger partial charge in [0.25, 0.3) is 0 Å². The minimum atomic E-state index is -1.93. The highest BCUT2D eigenvalue weighted by Crippen LogP contribution is 2.29. The summed E-state index contributed by atoms with van der Waals surface area (Å²) < 4.78 is 38.6. The zero-order valence-electron chi connectivity index (χ0n) is 10.5. The van der Waals surface area contributed by atoms with Crippen molar-refractivity contribution in [2.45, 2.75) is 0 Å². The first-order valence-corrected chi connectivity index (χ1v) is 7.06. The monoisotopic (exact) mass is 290 g/mol. The quantitative estimate of drug-likeness (QED) is 0.799. The molecular formula is C16H12F2OS. The lowest BCUT2D eigenvalue weighted by Crippen LogP contribution is -1.98. The van der Waals surface area contributed by atoms with E-state index in [1.807, 2.05) is 0 Å². The second kappa shape index (κ2) is 6.91. The second-order valence-electron chi connectivity index (χ2n) is 3.95. The van der Waals surface area contributed by atoms with Crippen LogP contribution in [0.3, 0.4) is 0 Å². The van der Waals surface area contributed by atoms with Gasteiger partial charge in [-0.05, 0) is 11.1 Å². The van der Waals surface area contributed by atoms with E-state index in [0.717, 1.165) is 0 Å². The van der Waals surface area contributed by atoms with Crippen LogP contribution in [0.5, 0.6) is 0 Å². The average molecular weight is 290 g/mol. The van der Waals surface area contributed by atoms with Crippen LogP contribution in [-0.2, 0) is 10.8 Å². The molecule has 0 aliphatic carbocycles. The molecular weight excluding hydrogens is 278 g/mol. The summed E-state index contributed by atoms with van der Waals surface area (Å²) in [6.45, 7) is 0. The van der Waals surface area contributed by atoms with E-state index >= 15 is 0 Å². The van der Waals surface area contributed by atoms with Crippen LogP contribution < -0.4 is 0 Å². The van der Waals surface area contributed by atoms with Crippen LogP contribution in [0.4, 0.5) is 8.78 Å². The Balaban J connectivity index is 2.39. The summed E-state index contributed by atoms with van der Waals surface area (Å²) >= 11 is 0. The molecule has 0 radical (unpaired) electrons. The lowest BCUT2D eigenvalue weighted by atomic mass is 10.2. The molecule has 0 spiro atoms. The number of rotatable bonds is 4. The Bertz CT molecular complexity index is 591. The minimum absolute atomic E-state index is 0.0571. The lowest BCUT2D eigenvalue weighted by Gasteiger charge is -2.09. The molecule has 20 heavy (non-hydrogen) atoms. The molecule has 0 fully saturated rings. The normalized spacial score (nSPS) is 14.1. The molecule has 0 saturated carbocycles. The molecule has 0 aromatic heterocycles. The van der Waals surface area contributed by atoms with Gasteiger partial charge < -0.3 is 0 Å². The highest BCUT2D eigenvalue weighted by Gasteiger charge is 2.17. The fraction of sp³-hybridized carbons (Fsp3) is 0. The van der Waals surface area contributed by atoms with Gasteiger partial charge in [-0.1, -0.05) is 60.7 Å². The van der Waals surface area contributed by atoms with Gasteiger partial charge in [0.05, 0.1) is 20.6 Å². The molecule has 0 unspecified atom stereocenters. The van der Waals surface area contributed by atoms with Crippen molar-refractivity contribution in [1.82, 2.24) is 0 Å². The Morgan fingerprint density at radius 1 is 0.750 bits per heavy atom. The van der Waals surface area contributed by atoms with E-state index in [-0.39, 0.29) is 22.5 Å². The standard InChI is InChI=1S/C16H12F2OS/c17-11-15(13-7-3-1-4-8-13)20(19)16(12-18)14-9-5-2-6-10-14/h1-12H. The van der Waals surface area contributed by atoms with Crippen LogP contribution in [0.25, 0.3) is 9.81 Å². The Labute approximate surface area is 118 Å². The zero-order valence-corrected chi connectivity index (χ0v) is 11.3. The van der Waals surface area contributed by atoms with Gasteiger partial charge >= 0.3 is 0 Å². The van der Waals surface area contributed by atoms with Crippen molar-refractivity contribution in [1.29, 1.82) is 0 Å². The van der Waals surface area contributed by atoms with Gasteiger partial charge in [0.2, 0.25) is 0 Å². The molecule has 0 heterocycles. The van der Waals surface area contributed by atoms with Crippen LogP contribution in [0, 0.1) is 0 Å². The minimum Gasteiger partial charge on any atom is -0.249 e. The third kappa shape index (κ3) is 3.08. The van der Waals surface area contributed by atoms with Gasteiger partial charge in [-0.2, -0.15) is 0 Å². The van der Waals surface area contributed by atoms with Gasteiger partial charge in [-0.3, -0.25) is 0 Å². The Hall–Kier alpha value is -2.07. The first-order chi connectivity index (χ1) is 9.77. The Morgan fingerprint density at radius 2 is 1.10 bits per heavy atom. The molecule has 2 aromatic rings. The van der Waals surface area contributed by atoms with Gasteiger partial charge in [-0.15, -0.1) is 0 Å². The molecule has 0 saturated heterocycles. The van der Waals surface area contributed by atoms with Crippen molar-refractivity contribution >= 4 is 20.6 Å². The van der Waals surface area contributed by atoms with Crippen molar-refractivity contribution in [2.24, 2.45) is 0 Å². The van der Waals surface area contributed by atoms with Crippen molar-refractivity contribution in [3.63, 3.8) is 0 Å². The summed E-state index contributed by atoms with van der Waals surface area (Å²) in [6, 6.07) is 16.9. The van der Waals surface area contributed by atoms with Crippen LogP contribution in [0.15, 0.2) is 73.3 Å². The van der Waals surface area contributed by atoms with Crippen molar-refractivity contribution in [3.8, 4) is 0 Å². The molecule has 0 N–H and O–H groups in total. The fourth-order valence-electron chi connectivity index (χ4n) is 1.74. The third-order valence-electron chi connectivity index (χ3n) is 2.71. The molecule has 0 bridgehead atoms. The smallest absolute Gasteiger partial charge is 0.104 e. The first kappa shape index (κ1) is 14.3. The molecule has 2 aromatic carbocycles. The van der Waals surface area contributed by atoms with Crippen LogP contribution in [0.1, 0.15) is 11.1 Å². The molecule has 4 heteroatoms. The maximum absolute atomic E-state index is 13.1. The van der Waals surface area contributed by atoms with Crippen LogP contribution in [-0.4, -0.2) is 4.21 Å². The average Bonchev–Trinajstić information content (AvgIpc) is 2.51. The summed E-state index contributed by atoms with van der Waals surface area (Å²) in [5, 5.41) is 0. The number of halogens is 2. The van der Waals surface area contributed by atoms with E-state index in [1.54, 1.807) is 60.7 Å². The van der Waals surface area contributed by atoms with Crippen molar-refractivity contribution in [2.75, 3.05) is 0 Å². The lowest BCUT2D eigenvalue weighted by molar-refractivity contribution is 0.690. The summed E-state index contributed by atoms with van der Waals surface area (Å²) in [4.78, 5) is -0.114. The van der Waals surface area contributed by atoms with E-state index < -0.39 is 10.8 Å². The maximum Gasteiger partial charge on any atom is 0.104 e. The van der Waals surface area contributed by atoms with E-state index in [1.165, 1.54) is 0 Å². The van der Waals surface area contributed by atoms with Crippen molar-refractivity contribution < 1.29 is 13.0 Å². The topological polar surface area (TPSA) is 17.1 Å². The molecule has 0 amide bonds. The zero-order chi connectivity index (χ0) is 14.4. The molecule has 1 nitrogen and oxygen atoms in total. The summed E-state index contributed by atoms with van der Waals surface area (Å²) in [5.41, 5.74) is 0.923. The summed E-state index contributed by atoms with van der Waals surface area (Å²) in [6.07, 6.45) is 0.524. The molecule has 2 rings (SSSR count). The second-order valence-corrected chi connectivity index (χ2v) is 5.36. The Morgan fingerprint density at radius 3 is 1.40 bits per heavy atom. The summed E-state index contributed by atoms with van der Waals surface area (Å²) in [5.74, 6) is 0. The highest BCUT2D eigenvalue weighted by molar-refractivity contribution is 8.03. The third-order valence-corrected chi connectivity index (χ3v) is 4.16. The Kier molecular flexibility index (Phi) is 4.96. The fourth-order valence-corrected chi connectivity index (χ4v) is 2.84. The van der Waals surface area contributed by atoms with Crippen LogP contribution in [0.2, 0.25) is 0 Å². The highest BCUT2D eigenvalue weighted by atomic mass is 32.2. The SMILES string of the molecule is O=S(C(=CF)c1ccccc1)C(=CF)c1ccccc1. The van der Waals surface area contributed by atoms with Gasteiger partial charge in [0.15, 0.2) is 0 Å². The van der Waals surface area contributed by atoms with Gasteiger partial charge in [0.1, 0.15) is 12.7 Å². The molecule has 0 aliphatic rings. The largest absolute Gasteiger partial charge is 0.249 e. The molecule has 0 aliphatic heterocycles. The molecule has 0 atom stereocenters. The number of hydrogen-bond acceptors (Lipinski definition) is 1. The summed E-state index contributed by atoms with van der Waals surface area (Å²) in [7, 11) is -1.93.